The van der Waals surface area contributed by atoms with Crippen molar-refractivity contribution in [2.45, 2.75) is 13.3 Å². The number of ketones is 1. The van der Waals surface area contributed by atoms with E-state index >= 15 is 0 Å². The van der Waals surface area contributed by atoms with E-state index in [2.05, 4.69) is 15.9 Å². The van der Waals surface area contributed by atoms with Gasteiger partial charge in [0.25, 0.3) is 0 Å². The molecule has 0 aliphatic carbocycles. The van der Waals surface area contributed by atoms with Gasteiger partial charge in [-0.15, -0.1) is 0 Å². The molecule has 17 heavy (non-hydrogen) atoms. The molecule has 0 aliphatic rings. The topological polar surface area (TPSA) is 43.4 Å². The normalized spacial score (nSPS) is 10.1. The summed E-state index contributed by atoms with van der Waals surface area (Å²) >= 11 is 3.01. The number of Topliss-reactive ketones (excluding diaryl/α,β-unsaturated/α-hetero) is 1. The van der Waals surface area contributed by atoms with Crippen LogP contribution in [0.25, 0.3) is 0 Å². The largest absolute Gasteiger partial charge is 0.462 e. The van der Waals surface area contributed by atoms with E-state index in [4.69, 9.17) is 4.74 Å². The summed E-state index contributed by atoms with van der Waals surface area (Å²) in [7, 11) is 0. The quantitative estimate of drug-likeness (QED) is 0.620. The van der Waals surface area contributed by atoms with Crippen molar-refractivity contribution in [1.29, 1.82) is 0 Å². The van der Waals surface area contributed by atoms with Gasteiger partial charge in [-0.2, -0.15) is 0 Å². The van der Waals surface area contributed by atoms with E-state index in [1.54, 1.807) is 6.92 Å². The van der Waals surface area contributed by atoms with Crippen LogP contribution in [-0.2, 0) is 16.0 Å². The second-order valence-electron chi connectivity index (χ2n) is 3.38. The fourth-order valence-corrected chi connectivity index (χ4v) is 1.51. The molecule has 0 N–H and O–H groups in total. The van der Waals surface area contributed by atoms with Crippen molar-refractivity contribution in [2.75, 3.05) is 11.9 Å². The summed E-state index contributed by atoms with van der Waals surface area (Å²) in [5.74, 6) is -1.16. The van der Waals surface area contributed by atoms with Crippen LogP contribution in [-0.4, -0.2) is 23.7 Å². The zero-order chi connectivity index (χ0) is 12.8. The zero-order valence-electron chi connectivity index (χ0n) is 9.33. The van der Waals surface area contributed by atoms with Crippen LogP contribution in [0.2, 0.25) is 0 Å². The Balaban J connectivity index is 2.93. The Hall–Kier alpha value is -1.23. The number of esters is 1. The summed E-state index contributed by atoms with van der Waals surface area (Å²) < 4.78 is 18.2. The van der Waals surface area contributed by atoms with Crippen molar-refractivity contribution in [2.24, 2.45) is 0 Å². The third-order valence-corrected chi connectivity index (χ3v) is 2.72. The molecule has 0 spiro atoms. The number of halogens is 2. The fraction of sp³-hybridized carbons (Fsp3) is 0.333. The molecular weight excluding hydrogens is 291 g/mol. The van der Waals surface area contributed by atoms with Crippen molar-refractivity contribution in [3.8, 4) is 0 Å². The van der Waals surface area contributed by atoms with Crippen LogP contribution in [0.15, 0.2) is 18.2 Å². The molecule has 1 aromatic carbocycles. The number of carbonyl (C=O) groups is 2. The maximum absolute atomic E-state index is 13.4. The molecule has 5 heteroatoms. The second kappa shape index (κ2) is 6.49. The molecule has 0 fully saturated rings. The molecule has 3 nitrogen and oxygen atoms in total. The van der Waals surface area contributed by atoms with Gasteiger partial charge in [0.1, 0.15) is 11.6 Å². The minimum absolute atomic E-state index is 0.0374. The molecule has 0 saturated heterocycles. The maximum atomic E-state index is 13.4. The Morgan fingerprint density at radius 1 is 1.41 bits per heavy atom. The Kier molecular flexibility index (Phi) is 5.28. The lowest BCUT2D eigenvalue weighted by Crippen LogP contribution is -2.09. The minimum atomic E-state index is -0.514. The lowest BCUT2D eigenvalue weighted by molar-refractivity contribution is -0.115. The van der Waals surface area contributed by atoms with Crippen LogP contribution >= 0.6 is 15.9 Å². The van der Waals surface area contributed by atoms with Crippen LogP contribution in [0.3, 0.4) is 0 Å². The summed E-state index contributed by atoms with van der Waals surface area (Å²) in [5, 5.41) is 0.163. The summed E-state index contributed by atoms with van der Waals surface area (Å²) in [5.41, 5.74) is 0.464. The summed E-state index contributed by atoms with van der Waals surface area (Å²) in [6.07, 6.45) is -0.0374. The molecule has 1 rings (SSSR count). The molecule has 0 saturated carbocycles. The number of hydrogen-bond donors (Lipinski definition) is 0. The summed E-state index contributed by atoms with van der Waals surface area (Å²) in [6.45, 7) is 1.95. The molecule has 0 radical (unpaired) electrons. The highest BCUT2D eigenvalue weighted by Gasteiger charge is 2.12. The summed E-state index contributed by atoms with van der Waals surface area (Å²) in [4.78, 5) is 22.6. The average molecular weight is 303 g/mol. The van der Waals surface area contributed by atoms with Crippen LogP contribution < -0.4 is 0 Å². The number of ether oxygens (including phenoxy) is 1. The fourth-order valence-electron chi connectivity index (χ4n) is 1.31. The standard InChI is InChI=1S/C12H12BrFO3/c1-2-17-12(16)8-3-4-11(14)9(5-8)6-10(15)7-13/h3-5H,2,6-7H2,1H3. The number of carbonyl (C=O) groups excluding carboxylic acids is 2. The van der Waals surface area contributed by atoms with Crippen molar-refractivity contribution in [1.82, 2.24) is 0 Å². The monoisotopic (exact) mass is 302 g/mol. The first kappa shape index (κ1) is 13.8. The van der Waals surface area contributed by atoms with Gasteiger partial charge < -0.3 is 4.74 Å². The zero-order valence-corrected chi connectivity index (χ0v) is 10.9. The highest BCUT2D eigenvalue weighted by molar-refractivity contribution is 9.09. The van der Waals surface area contributed by atoms with Crippen LogP contribution in [0.5, 0.6) is 0 Å². The van der Waals surface area contributed by atoms with E-state index in [1.807, 2.05) is 0 Å². The first-order valence-corrected chi connectivity index (χ1v) is 6.23. The maximum Gasteiger partial charge on any atom is 0.338 e. The van der Waals surface area contributed by atoms with E-state index in [9.17, 15) is 14.0 Å². The van der Waals surface area contributed by atoms with Gasteiger partial charge in [-0.05, 0) is 30.7 Å². The molecule has 0 bridgehead atoms. The van der Waals surface area contributed by atoms with Gasteiger partial charge >= 0.3 is 5.97 Å². The predicted molar refractivity (Wildman–Crippen MR) is 64.9 cm³/mol. The van der Waals surface area contributed by atoms with E-state index < -0.39 is 11.8 Å². The molecule has 0 heterocycles. The van der Waals surface area contributed by atoms with Crippen LogP contribution in [0, 0.1) is 5.82 Å². The Labute approximate surface area is 107 Å². The average Bonchev–Trinajstić information content (AvgIpc) is 2.32. The van der Waals surface area contributed by atoms with Crippen LogP contribution in [0.1, 0.15) is 22.8 Å². The number of rotatable bonds is 5. The molecular formula is C12H12BrFO3. The van der Waals surface area contributed by atoms with E-state index in [0.717, 1.165) is 0 Å². The van der Waals surface area contributed by atoms with Gasteiger partial charge in [0.05, 0.1) is 17.5 Å². The second-order valence-corrected chi connectivity index (χ2v) is 3.94. The number of alkyl halides is 1. The molecule has 92 valence electrons. The van der Waals surface area contributed by atoms with E-state index in [1.165, 1.54) is 18.2 Å². The van der Waals surface area contributed by atoms with Gasteiger partial charge in [0.15, 0.2) is 0 Å². The molecule has 0 aromatic heterocycles. The Morgan fingerprint density at radius 3 is 2.71 bits per heavy atom. The number of benzene rings is 1. The highest BCUT2D eigenvalue weighted by Crippen LogP contribution is 2.13. The van der Waals surface area contributed by atoms with Crippen LogP contribution in [0.4, 0.5) is 4.39 Å². The SMILES string of the molecule is CCOC(=O)c1ccc(F)c(CC(=O)CBr)c1. The third kappa shape index (κ3) is 3.93. The Bertz CT molecular complexity index is 432. The molecule has 0 aliphatic heterocycles. The Morgan fingerprint density at radius 2 is 2.12 bits per heavy atom. The van der Waals surface area contributed by atoms with Crippen molar-refractivity contribution >= 4 is 27.7 Å². The smallest absolute Gasteiger partial charge is 0.338 e. The van der Waals surface area contributed by atoms with Gasteiger partial charge in [0.2, 0.25) is 0 Å². The van der Waals surface area contributed by atoms with E-state index in [-0.39, 0.29) is 35.3 Å². The minimum Gasteiger partial charge on any atom is -0.462 e. The highest BCUT2D eigenvalue weighted by atomic mass is 79.9. The van der Waals surface area contributed by atoms with E-state index in [0.29, 0.717) is 0 Å². The van der Waals surface area contributed by atoms with Crippen molar-refractivity contribution < 1.29 is 18.7 Å². The summed E-state index contributed by atoms with van der Waals surface area (Å²) in [6, 6.07) is 3.87. The molecule has 1 aromatic rings. The van der Waals surface area contributed by atoms with Gasteiger partial charge in [-0.3, -0.25) is 4.79 Å². The van der Waals surface area contributed by atoms with Crippen molar-refractivity contribution in [3.63, 3.8) is 0 Å². The molecule has 0 amide bonds. The van der Waals surface area contributed by atoms with Gasteiger partial charge in [-0.1, -0.05) is 15.9 Å². The number of hydrogen-bond acceptors (Lipinski definition) is 3. The van der Waals surface area contributed by atoms with Crippen molar-refractivity contribution in [3.05, 3.63) is 35.1 Å². The van der Waals surface area contributed by atoms with Gasteiger partial charge in [-0.25, -0.2) is 9.18 Å². The van der Waals surface area contributed by atoms with Gasteiger partial charge in [0, 0.05) is 6.42 Å². The lowest BCUT2D eigenvalue weighted by atomic mass is 10.1. The first-order chi connectivity index (χ1) is 8.08. The first-order valence-electron chi connectivity index (χ1n) is 5.11. The molecule has 0 unspecified atom stereocenters. The lowest BCUT2D eigenvalue weighted by Gasteiger charge is -2.05. The third-order valence-electron chi connectivity index (χ3n) is 2.09. The molecule has 0 atom stereocenters. The predicted octanol–water partition coefficient (Wildman–Crippen LogP) is 2.51.